The maximum atomic E-state index is 11.2. The number of hydrogen-bond donors (Lipinski definition) is 1. The van der Waals surface area contributed by atoms with Crippen molar-refractivity contribution in [1.82, 2.24) is 0 Å². The molecule has 1 aromatic carbocycles. The predicted molar refractivity (Wildman–Crippen MR) is 59.5 cm³/mol. The van der Waals surface area contributed by atoms with E-state index in [4.69, 9.17) is 16.2 Å². The van der Waals surface area contributed by atoms with Gasteiger partial charge in [-0.25, -0.2) is 9.00 Å². The standard InChI is InChI=1S/C8H6BrClO4S/c1-14-8(11)4-2-7(15(12)13)5(9)3-6(4)10/h2-3H,1H3,(H,12,13). The highest BCUT2D eigenvalue weighted by molar-refractivity contribution is 9.10. The van der Waals surface area contributed by atoms with E-state index in [2.05, 4.69) is 20.7 Å². The molecule has 0 aliphatic carbocycles. The van der Waals surface area contributed by atoms with Crippen molar-refractivity contribution in [2.24, 2.45) is 0 Å². The number of carbonyl (C=O) groups is 1. The minimum absolute atomic E-state index is 0.0553. The van der Waals surface area contributed by atoms with Gasteiger partial charge in [0.2, 0.25) is 0 Å². The van der Waals surface area contributed by atoms with Crippen LogP contribution in [0.5, 0.6) is 0 Å². The van der Waals surface area contributed by atoms with Crippen molar-refractivity contribution in [2.45, 2.75) is 4.90 Å². The lowest BCUT2D eigenvalue weighted by atomic mass is 10.2. The molecule has 1 rings (SSSR count). The quantitative estimate of drug-likeness (QED) is 0.673. The van der Waals surface area contributed by atoms with E-state index in [-0.39, 0.29) is 15.5 Å². The van der Waals surface area contributed by atoms with E-state index >= 15 is 0 Å². The van der Waals surface area contributed by atoms with E-state index in [1.807, 2.05) is 0 Å². The zero-order valence-corrected chi connectivity index (χ0v) is 10.6. The predicted octanol–water partition coefficient (Wildman–Crippen LogP) is 2.47. The minimum atomic E-state index is -2.19. The summed E-state index contributed by atoms with van der Waals surface area (Å²) >= 11 is 6.64. The lowest BCUT2D eigenvalue weighted by Crippen LogP contribution is -2.04. The van der Waals surface area contributed by atoms with Crippen molar-refractivity contribution in [3.05, 3.63) is 27.2 Å². The highest BCUT2D eigenvalue weighted by Crippen LogP contribution is 2.28. The van der Waals surface area contributed by atoms with Crippen LogP contribution in [0.3, 0.4) is 0 Å². The molecule has 0 saturated carbocycles. The number of hydrogen-bond acceptors (Lipinski definition) is 3. The molecule has 0 amide bonds. The van der Waals surface area contributed by atoms with Gasteiger partial charge in [0.15, 0.2) is 11.1 Å². The van der Waals surface area contributed by atoms with Gasteiger partial charge in [-0.2, -0.15) is 0 Å². The summed E-state index contributed by atoms with van der Waals surface area (Å²) in [6.45, 7) is 0. The molecule has 0 aliphatic rings. The van der Waals surface area contributed by atoms with Crippen LogP contribution in [0.1, 0.15) is 10.4 Å². The molecular weight excluding hydrogens is 308 g/mol. The first-order chi connectivity index (χ1) is 6.97. The molecule has 0 radical (unpaired) electrons. The van der Waals surface area contributed by atoms with Crippen molar-refractivity contribution >= 4 is 44.6 Å². The van der Waals surface area contributed by atoms with Crippen LogP contribution in [0.25, 0.3) is 0 Å². The van der Waals surface area contributed by atoms with E-state index in [1.54, 1.807) is 0 Å². The van der Waals surface area contributed by atoms with Crippen molar-refractivity contribution in [1.29, 1.82) is 0 Å². The van der Waals surface area contributed by atoms with Gasteiger partial charge in [-0.1, -0.05) is 11.6 Å². The van der Waals surface area contributed by atoms with E-state index in [9.17, 15) is 9.00 Å². The Morgan fingerprint density at radius 2 is 2.20 bits per heavy atom. The molecule has 0 aromatic heterocycles. The van der Waals surface area contributed by atoms with Gasteiger partial charge in [-0.05, 0) is 28.1 Å². The first kappa shape index (κ1) is 12.6. The lowest BCUT2D eigenvalue weighted by molar-refractivity contribution is 0.0600. The van der Waals surface area contributed by atoms with Crippen LogP contribution < -0.4 is 0 Å². The molecule has 7 heteroatoms. The van der Waals surface area contributed by atoms with Gasteiger partial charge in [0.1, 0.15) is 0 Å². The van der Waals surface area contributed by atoms with Crippen LogP contribution in [-0.2, 0) is 15.8 Å². The molecule has 1 N–H and O–H groups in total. The normalized spacial score (nSPS) is 12.3. The number of benzene rings is 1. The van der Waals surface area contributed by atoms with E-state index < -0.39 is 17.0 Å². The Labute approximate surface area is 102 Å². The Balaban J connectivity index is 3.36. The largest absolute Gasteiger partial charge is 0.465 e. The summed E-state index contributed by atoms with van der Waals surface area (Å²) in [6.07, 6.45) is 0. The van der Waals surface area contributed by atoms with E-state index in [0.29, 0.717) is 4.47 Å². The summed E-state index contributed by atoms with van der Waals surface area (Å²) in [4.78, 5) is 11.3. The Hall–Kier alpha value is -0.430. The maximum Gasteiger partial charge on any atom is 0.339 e. The molecule has 1 aromatic rings. The molecule has 1 atom stereocenters. The van der Waals surface area contributed by atoms with Crippen molar-refractivity contribution in [3.63, 3.8) is 0 Å². The molecule has 82 valence electrons. The van der Waals surface area contributed by atoms with Gasteiger partial charge in [0.05, 0.1) is 22.6 Å². The van der Waals surface area contributed by atoms with Crippen LogP contribution in [0.4, 0.5) is 0 Å². The van der Waals surface area contributed by atoms with Crippen LogP contribution >= 0.6 is 27.5 Å². The van der Waals surface area contributed by atoms with Gasteiger partial charge in [-0.3, -0.25) is 0 Å². The molecule has 0 fully saturated rings. The van der Waals surface area contributed by atoms with Crippen LogP contribution in [-0.4, -0.2) is 21.8 Å². The maximum absolute atomic E-state index is 11.2. The molecule has 0 heterocycles. The van der Waals surface area contributed by atoms with Crippen molar-refractivity contribution in [2.75, 3.05) is 7.11 Å². The summed E-state index contributed by atoms with van der Waals surface area (Å²) in [5.41, 5.74) is 0.0553. The number of esters is 1. The number of ether oxygens (including phenoxy) is 1. The fraction of sp³-hybridized carbons (Fsp3) is 0.125. The average Bonchev–Trinajstić information content (AvgIpc) is 2.16. The molecule has 1 unspecified atom stereocenters. The Kier molecular flexibility index (Phi) is 4.27. The molecule has 0 spiro atoms. The number of rotatable bonds is 2. The Bertz CT molecular complexity index is 435. The third-order valence-electron chi connectivity index (χ3n) is 1.62. The highest BCUT2D eigenvalue weighted by Gasteiger charge is 2.16. The van der Waals surface area contributed by atoms with Crippen molar-refractivity contribution < 1.29 is 18.3 Å². The van der Waals surface area contributed by atoms with Crippen molar-refractivity contribution in [3.8, 4) is 0 Å². The topological polar surface area (TPSA) is 63.6 Å². The second-order valence-electron chi connectivity index (χ2n) is 2.50. The smallest absolute Gasteiger partial charge is 0.339 e. The molecular formula is C8H6BrClO4S. The Morgan fingerprint density at radius 1 is 1.60 bits per heavy atom. The SMILES string of the molecule is COC(=O)c1cc(S(=O)O)c(Br)cc1Cl. The lowest BCUT2D eigenvalue weighted by Gasteiger charge is -2.05. The second-order valence-corrected chi connectivity index (χ2v) is 4.70. The molecule has 0 aliphatic heterocycles. The van der Waals surface area contributed by atoms with Crippen LogP contribution in [0.15, 0.2) is 21.5 Å². The summed E-state index contributed by atoms with van der Waals surface area (Å²) in [6, 6.07) is 2.59. The first-order valence-corrected chi connectivity index (χ1v) is 5.93. The Morgan fingerprint density at radius 3 is 2.67 bits per heavy atom. The summed E-state index contributed by atoms with van der Waals surface area (Å²) in [7, 11) is 1.20. The minimum Gasteiger partial charge on any atom is -0.465 e. The third-order valence-corrected chi connectivity index (χ3v) is 3.56. The van der Waals surface area contributed by atoms with Gasteiger partial charge in [-0.15, -0.1) is 0 Å². The highest BCUT2D eigenvalue weighted by atomic mass is 79.9. The van der Waals surface area contributed by atoms with Crippen LogP contribution in [0, 0.1) is 0 Å². The number of methoxy groups -OCH3 is 1. The first-order valence-electron chi connectivity index (χ1n) is 3.65. The van der Waals surface area contributed by atoms with Gasteiger partial charge in [0.25, 0.3) is 0 Å². The average molecular weight is 314 g/mol. The van der Waals surface area contributed by atoms with E-state index in [0.717, 1.165) is 0 Å². The molecule has 4 nitrogen and oxygen atoms in total. The zero-order valence-electron chi connectivity index (χ0n) is 7.49. The van der Waals surface area contributed by atoms with Gasteiger partial charge in [0, 0.05) is 4.47 Å². The molecule has 15 heavy (non-hydrogen) atoms. The zero-order chi connectivity index (χ0) is 11.6. The third kappa shape index (κ3) is 2.78. The van der Waals surface area contributed by atoms with E-state index in [1.165, 1.54) is 19.2 Å². The van der Waals surface area contributed by atoms with Gasteiger partial charge < -0.3 is 9.29 Å². The summed E-state index contributed by atoms with van der Waals surface area (Å²) in [5, 5.41) is 0.155. The number of halogens is 2. The molecule has 0 saturated heterocycles. The van der Waals surface area contributed by atoms with Gasteiger partial charge >= 0.3 is 5.97 Å². The second kappa shape index (κ2) is 5.07. The fourth-order valence-corrected chi connectivity index (χ4v) is 2.51. The van der Waals surface area contributed by atoms with Crippen LogP contribution in [0.2, 0.25) is 5.02 Å². The number of carbonyl (C=O) groups excluding carboxylic acids is 1. The summed E-state index contributed by atoms with van der Waals surface area (Å²) < 4.78 is 24.6. The monoisotopic (exact) mass is 312 g/mol. The summed E-state index contributed by atoms with van der Waals surface area (Å²) in [5.74, 6) is -0.654. The molecule has 0 bridgehead atoms. The fourth-order valence-electron chi connectivity index (χ4n) is 0.929.